The fraction of sp³-hybridized carbons (Fsp3) is 0.609. The molecule has 2 saturated heterocycles. The molecular formula is C23H32N2O2S. The van der Waals surface area contributed by atoms with Crippen molar-refractivity contribution in [2.75, 3.05) is 19.6 Å². The number of amides is 1. The average Bonchev–Trinajstić information content (AvgIpc) is 3.18. The van der Waals surface area contributed by atoms with E-state index in [1.165, 1.54) is 39.9 Å². The molecule has 0 radical (unpaired) electrons. The second-order valence-corrected chi connectivity index (χ2v) is 10.6. The number of rotatable bonds is 2. The van der Waals surface area contributed by atoms with E-state index < -0.39 is 5.60 Å². The number of nitrogens with zero attached hydrogens (tertiary/aromatic N) is 2. The van der Waals surface area contributed by atoms with Gasteiger partial charge < -0.3 is 9.64 Å². The predicted molar refractivity (Wildman–Crippen MR) is 116 cm³/mol. The molecule has 2 aliphatic heterocycles. The van der Waals surface area contributed by atoms with Crippen LogP contribution in [0.1, 0.15) is 56.9 Å². The van der Waals surface area contributed by atoms with Crippen LogP contribution < -0.4 is 0 Å². The molecule has 0 aliphatic carbocycles. The SMILES string of the molecule is Cc1ccc2cc(CN3CCCC34CCN(C(=O)OC(C)(C)C)CC4)sc2c1. The van der Waals surface area contributed by atoms with Gasteiger partial charge in [-0.2, -0.15) is 0 Å². The Labute approximate surface area is 172 Å². The van der Waals surface area contributed by atoms with E-state index in [1.54, 1.807) is 0 Å². The van der Waals surface area contributed by atoms with E-state index in [1.807, 2.05) is 37.0 Å². The Kier molecular flexibility index (Phi) is 5.17. The van der Waals surface area contributed by atoms with Gasteiger partial charge in [0.15, 0.2) is 0 Å². The highest BCUT2D eigenvalue weighted by Crippen LogP contribution is 2.40. The van der Waals surface area contributed by atoms with E-state index in [-0.39, 0.29) is 11.6 Å². The molecule has 0 atom stereocenters. The van der Waals surface area contributed by atoms with Gasteiger partial charge in [0.05, 0.1) is 0 Å². The van der Waals surface area contributed by atoms with Crippen LogP contribution in [0.5, 0.6) is 0 Å². The number of hydrogen-bond donors (Lipinski definition) is 0. The maximum absolute atomic E-state index is 12.4. The third kappa shape index (κ3) is 4.06. The van der Waals surface area contributed by atoms with Crippen molar-refractivity contribution in [3.63, 3.8) is 0 Å². The number of likely N-dealkylation sites (tertiary alicyclic amines) is 2. The first-order chi connectivity index (χ1) is 13.2. The summed E-state index contributed by atoms with van der Waals surface area (Å²) < 4.78 is 6.96. The van der Waals surface area contributed by atoms with Gasteiger partial charge in [0.25, 0.3) is 0 Å². The molecule has 2 aliphatic rings. The largest absolute Gasteiger partial charge is 0.444 e. The molecule has 1 aromatic carbocycles. The summed E-state index contributed by atoms with van der Waals surface area (Å²) in [4.78, 5) is 18.5. The number of benzene rings is 1. The highest BCUT2D eigenvalue weighted by Gasteiger charge is 2.44. The first-order valence-electron chi connectivity index (χ1n) is 10.5. The Bertz CT molecular complexity index is 859. The Balaban J connectivity index is 1.42. The number of piperidine rings is 1. The summed E-state index contributed by atoms with van der Waals surface area (Å²) in [5.74, 6) is 0. The van der Waals surface area contributed by atoms with Crippen LogP contribution in [0, 0.1) is 6.92 Å². The molecule has 4 nitrogen and oxygen atoms in total. The topological polar surface area (TPSA) is 32.8 Å². The van der Waals surface area contributed by atoms with Crippen molar-refractivity contribution in [3.05, 3.63) is 34.7 Å². The number of carbonyl (C=O) groups excluding carboxylic acids is 1. The van der Waals surface area contributed by atoms with E-state index in [0.29, 0.717) is 0 Å². The van der Waals surface area contributed by atoms with Gasteiger partial charge in [0, 0.05) is 34.8 Å². The lowest BCUT2D eigenvalue weighted by atomic mass is 9.85. The summed E-state index contributed by atoms with van der Waals surface area (Å²) in [5.41, 5.74) is 1.16. The van der Waals surface area contributed by atoms with Crippen LogP contribution in [0.15, 0.2) is 24.3 Å². The monoisotopic (exact) mass is 400 g/mol. The fourth-order valence-electron chi connectivity index (χ4n) is 4.70. The standard InChI is InChI=1S/C23H32N2O2S/c1-17-6-7-18-15-19(28-20(18)14-17)16-25-11-5-8-23(25)9-12-24(13-10-23)21(26)27-22(2,3)4/h6-7,14-15H,5,8-13,16H2,1-4H3. The van der Waals surface area contributed by atoms with Crippen molar-refractivity contribution in [2.45, 2.75) is 71.1 Å². The van der Waals surface area contributed by atoms with E-state index in [0.717, 1.165) is 32.5 Å². The maximum Gasteiger partial charge on any atom is 0.410 e. The molecule has 2 fully saturated rings. The second-order valence-electron chi connectivity index (χ2n) is 9.47. The van der Waals surface area contributed by atoms with Gasteiger partial charge in [0.1, 0.15) is 5.60 Å². The average molecular weight is 401 g/mol. The third-order valence-corrected chi connectivity index (χ3v) is 7.24. The van der Waals surface area contributed by atoms with Gasteiger partial charge in [-0.05, 0) is 83.0 Å². The van der Waals surface area contributed by atoms with Crippen LogP contribution >= 0.6 is 11.3 Å². The first kappa shape index (κ1) is 19.7. The zero-order chi connectivity index (χ0) is 19.9. The molecule has 152 valence electrons. The van der Waals surface area contributed by atoms with Crippen molar-refractivity contribution in [3.8, 4) is 0 Å². The molecule has 28 heavy (non-hydrogen) atoms. The lowest BCUT2D eigenvalue weighted by molar-refractivity contribution is 0.00181. The number of ether oxygens (including phenoxy) is 1. The number of aryl methyl sites for hydroxylation is 1. The Morgan fingerprint density at radius 1 is 1.14 bits per heavy atom. The Hall–Kier alpha value is -1.59. The lowest BCUT2D eigenvalue weighted by Crippen LogP contribution is -2.53. The number of hydrogen-bond acceptors (Lipinski definition) is 4. The predicted octanol–water partition coefficient (Wildman–Crippen LogP) is 5.58. The van der Waals surface area contributed by atoms with Crippen LogP contribution in [-0.4, -0.2) is 46.7 Å². The summed E-state index contributed by atoms with van der Waals surface area (Å²) >= 11 is 1.93. The molecule has 4 rings (SSSR count). The van der Waals surface area contributed by atoms with Crippen molar-refractivity contribution in [1.82, 2.24) is 9.80 Å². The number of thiophene rings is 1. The fourth-order valence-corrected chi connectivity index (χ4v) is 5.88. The van der Waals surface area contributed by atoms with Gasteiger partial charge >= 0.3 is 6.09 Å². The molecule has 3 heterocycles. The molecule has 0 saturated carbocycles. The second kappa shape index (κ2) is 7.34. The molecule has 5 heteroatoms. The molecule has 0 bridgehead atoms. The maximum atomic E-state index is 12.4. The minimum Gasteiger partial charge on any atom is -0.444 e. The summed E-state index contributed by atoms with van der Waals surface area (Å²) in [6, 6.07) is 9.09. The van der Waals surface area contributed by atoms with Gasteiger partial charge in [-0.15, -0.1) is 11.3 Å². The lowest BCUT2D eigenvalue weighted by Gasteiger charge is -2.45. The van der Waals surface area contributed by atoms with Crippen LogP contribution in [-0.2, 0) is 11.3 Å². The van der Waals surface area contributed by atoms with Crippen molar-refractivity contribution < 1.29 is 9.53 Å². The summed E-state index contributed by atoms with van der Waals surface area (Å²) in [7, 11) is 0. The highest BCUT2D eigenvalue weighted by atomic mass is 32.1. The van der Waals surface area contributed by atoms with Gasteiger partial charge in [0.2, 0.25) is 0 Å². The van der Waals surface area contributed by atoms with Gasteiger partial charge in [-0.3, -0.25) is 4.90 Å². The van der Waals surface area contributed by atoms with Crippen LogP contribution in [0.25, 0.3) is 10.1 Å². The molecule has 1 spiro atoms. The minimum atomic E-state index is -0.425. The van der Waals surface area contributed by atoms with Crippen molar-refractivity contribution >= 4 is 27.5 Å². The first-order valence-corrected chi connectivity index (χ1v) is 11.3. The molecular weight excluding hydrogens is 368 g/mol. The van der Waals surface area contributed by atoms with E-state index in [9.17, 15) is 4.79 Å². The van der Waals surface area contributed by atoms with Gasteiger partial charge in [-0.25, -0.2) is 4.79 Å². The number of carbonyl (C=O) groups is 1. The smallest absolute Gasteiger partial charge is 0.410 e. The van der Waals surface area contributed by atoms with Crippen molar-refractivity contribution in [1.29, 1.82) is 0 Å². The van der Waals surface area contributed by atoms with Crippen LogP contribution in [0.2, 0.25) is 0 Å². The molecule has 0 N–H and O–H groups in total. The Morgan fingerprint density at radius 3 is 2.61 bits per heavy atom. The third-order valence-electron chi connectivity index (χ3n) is 6.16. The minimum absolute atomic E-state index is 0.160. The summed E-state index contributed by atoms with van der Waals surface area (Å²) in [5, 5.41) is 1.36. The normalized spacial score (nSPS) is 20.2. The summed E-state index contributed by atoms with van der Waals surface area (Å²) in [6.07, 6.45) is 4.45. The molecule has 1 aromatic heterocycles. The zero-order valence-corrected chi connectivity index (χ0v) is 18.4. The van der Waals surface area contributed by atoms with E-state index in [4.69, 9.17) is 4.74 Å². The Morgan fingerprint density at radius 2 is 1.89 bits per heavy atom. The number of fused-ring (bicyclic) bond motifs is 1. The van der Waals surface area contributed by atoms with Crippen LogP contribution in [0.4, 0.5) is 4.79 Å². The van der Waals surface area contributed by atoms with E-state index >= 15 is 0 Å². The van der Waals surface area contributed by atoms with Gasteiger partial charge in [-0.1, -0.05) is 12.1 Å². The molecule has 1 amide bonds. The zero-order valence-electron chi connectivity index (χ0n) is 17.6. The highest BCUT2D eigenvalue weighted by molar-refractivity contribution is 7.19. The van der Waals surface area contributed by atoms with Crippen molar-refractivity contribution in [2.24, 2.45) is 0 Å². The quantitative estimate of drug-likeness (QED) is 0.660. The summed E-state index contributed by atoms with van der Waals surface area (Å²) in [6.45, 7) is 11.8. The van der Waals surface area contributed by atoms with E-state index in [2.05, 4.69) is 36.1 Å². The van der Waals surface area contributed by atoms with Crippen LogP contribution in [0.3, 0.4) is 0 Å². The molecule has 0 unspecified atom stereocenters. The molecule has 2 aromatic rings.